The van der Waals surface area contributed by atoms with E-state index in [1.54, 1.807) is 4.90 Å². The molecule has 2 heterocycles. The normalized spacial score (nSPS) is 16.5. The summed E-state index contributed by atoms with van der Waals surface area (Å²) in [5.74, 6) is -1.27. The Morgan fingerprint density at radius 2 is 1.89 bits per heavy atom. The fourth-order valence-corrected chi connectivity index (χ4v) is 4.13. The maximum absolute atomic E-state index is 12.4. The average molecular weight is 385 g/mol. The molecule has 1 aromatic heterocycles. The molecule has 0 bridgehead atoms. The van der Waals surface area contributed by atoms with Crippen LogP contribution in [0.4, 0.5) is 5.69 Å². The Balaban J connectivity index is 1.57. The van der Waals surface area contributed by atoms with Gasteiger partial charge in [0.25, 0.3) is 5.91 Å². The van der Waals surface area contributed by atoms with Gasteiger partial charge in [-0.15, -0.1) is 11.3 Å². The first-order valence-electron chi connectivity index (χ1n) is 8.95. The van der Waals surface area contributed by atoms with E-state index in [1.165, 1.54) is 11.3 Å². The topological polar surface area (TPSA) is 78.5 Å². The molecule has 0 radical (unpaired) electrons. The smallest absolute Gasteiger partial charge is 0.279 e. The number of anilines is 1. The summed E-state index contributed by atoms with van der Waals surface area (Å²) in [5.41, 5.74) is 7.89. The summed E-state index contributed by atoms with van der Waals surface area (Å²) >= 11 is 1.43. The minimum Gasteiger partial charge on any atom is -0.312 e. The van der Waals surface area contributed by atoms with Crippen molar-refractivity contribution < 1.29 is 14.4 Å². The molecule has 1 atom stereocenters. The Bertz CT molecular complexity index is 873. The quantitative estimate of drug-likeness (QED) is 0.795. The average Bonchev–Trinajstić information content (AvgIpc) is 3.23. The van der Waals surface area contributed by atoms with E-state index < -0.39 is 5.92 Å². The first-order chi connectivity index (χ1) is 12.9. The summed E-state index contributed by atoms with van der Waals surface area (Å²) in [6, 6.07) is 9.44. The SMILES string of the molecule is CCc1sc(C(=O)NNC(=O)[C@@H]2CC(=O)N(c3ccc(C)cc3)C2)cc1C. The highest BCUT2D eigenvalue weighted by atomic mass is 32.1. The molecule has 3 amide bonds. The largest absolute Gasteiger partial charge is 0.312 e. The second-order valence-corrected chi connectivity index (χ2v) is 7.89. The monoisotopic (exact) mass is 385 g/mol. The third-order valence-electron chi connectivity index (χ3n) is 4.71. The highest BCUT2D eigenvalue weighted by molar-refractivity contribution is 7.14. The summed E-state index contributed by atoms with van der Waals surface area (Å²) in [6.07, 6.45) is 1.00. The Morgan fingerprint density at radius 3 is 2.52 bits per heavy atom. The Morgan fingerprint density at radius 1 is 1.19 bits per heavy atom. The van der Waals surface area contributed by atoms with Crippen molar-refractivity contribution in [2.75, 3.05) is 11.4 Å². The van der Waals surface area contributed by atoms with Gasteiger partial charge in [-0.2, -0.15) is 0 Å². The molecule has 0 saturated carbocycles. The van der Waals surface area contributed by atoms with E-state index >= 15 is 0 Å². The second-order valence-electron chi connectivity index (χ2n) is 6.75. The lowest BCUT2D eigenvalue weighted by Crippen LogP contribution is -2.45. The summed E-state index contributed by atoms with van der Waals surface area (Å²) in [6.45, 7) is 6.29. The van der Waals surface area contributed by atoms with Crippen LogP contribution in [0.2, 0.25) is 0 Å². The molecule has 1 saturated heterocycles. The number of hydrogen-bond acceptors (Lipinski definition) is 4. The van der Waals surface area contributed by atoms with Gasteiger partial charge in [0.2, 0.25) is 11.8 Å². The van der Waals surface area contributed by atoms with Gasteiger partial charge in [-0.25, -0.2) is 0 Å². The third-order valence-corrected chi connectivity index (χ3v) is 6.09. The number of thiophene rings is 1. The number of benzene rings is 1. The molecule has 2 aromatic rings. The van der Waals surface area contributed by atoms with Crippen LogP contribution in [0.5, 0.6) is 0 Å². The number of hydrazine groups is 1. The van der Waals surface area contributed by atoms with Crippen LogP contribution in [0.3, 0.4) is 0 Å². The lowest BCUT2D eigenvalue weighted by Gasteiger charge is -2.17. The Labute approximate surface area is 162 Å². The number of nitrogens with zero attached hydrogens (tertiary/aromatic N) is 1. The zero-order chi connectivity index (χ0) is 19.6. The van der Waals surface area contributed by atoms with Gasteiger partial charge < -0.3 is 4.90 Å². The van der Waals surface area contributed by atoms with Gasteiger partial charge >= 0.3 is 0 Å². The molecule has 1 aliphatic rings. The van der Waals surface area contributed by atoms with E-state index in [-0.39, 0.29) is 24.1 Å². The Kier molecular flexibility index (Phi) is 5.60. The number of aryl methyl sites for hydroxylation is 3. The minimum absolute atomic E-state index is 0.0909. The van der Waals surface area contributed by atoms with Crippen molar-refractivity contribution in [2.24, 2.45) is 5.92 Å². The lowest BCUT2D eigenvalue weighted by atomic mass is 10.1. The van der Waals surface area contributed by atoms with Crippen molar-refractivity contribution in [3.05, 3.63) is 51.2 Å². The zero-order valence-electron chi connectivity index (χ0n) is 15.7. The van der Waals surface area contributed by atoms with Crippen LogP contribution in [-0.4, -0.2) is 24.3 Å². The number of carbonyl (C=O) groups excluding carboxylic acids is 3. The van der Waals surface area contributed by atoms with E-state index in [0.29, 0.717) is 11.4 Å². The van der Waals surface area contributed by atoms with Crippen molar-refractivity contribution in [1.82, 2.24) is 10.9 Å². The second kappa shape index (κ2) is 7.92. The summed E-state index contributed by atoms with van der Waals surface area (Å²) in [5, 5.41) is 0. The molecule has 6 nitrogen and oxygen atoms in total. The molecule has 2 N–H and O–H groups in total. The molecular weight excluding hydrogens is 362 g/mol. The Hall–Kier alpha value is -2.67. The van der Waals surface area contributed by atoms with Crippen LogP contribution < -0.4 is 15.8 Å². The van der Waals surface area contributed by atoms with Crippen LogP contribution in [0.25, 0.3) is 0 Å². The lowest BCUT2D eigenvalue weighted by molar-refractivity contribution is -0.126. The summed E-state index contributed by atoms with van der Waals surface area (Å²) in [4.78, 5) is 40.2. The highest BCUT2D eigenvalue weighted by Crippen LogP contribution is 2.25. The van der Waals surface area contributed by atoms with Gasteiger partial charge in [0.1, 0.15) is 0 Å². The maximum atomic E-state index is 12.4. The van der Waals surface area contributed by atoms with Crippen LogP contribution >= 0.6 is 11.3 Å². The van der Waals surface area contributed by atoms with Crippen molar-refractivity contribution in [2.45, 2.75) is 33.6 Å². The van der Waals surface area contributed by atoms with Gasteiger partial charge in [0.15, 0.2) is 0 Å². The van der Waals surface area contributed by atoms with E-state index in [2.05, 4.69) is 10.9 Å². The molecule has 142 valence electrons. The molecule has 1 fully saturated rings. The fraction of sp³-hybridized carbons (Fsp3) is 0.350. The van der Waals surface area contributed by atoms with Crippen molar-refractivity contribution in [1.29, 1.82) is 0 Å². The molecule has 0 unspecified atom stereocenters. The summed E-state index contributed by atoms with van der Waals surface area (Å²) < 4.78 is 0. The van der Waals surface area contributed by atoms with Crippen LogP contribution in [-0.2, 0) is 16.0 Å². The van der Waals surface area contributed by atoms with Crippen molar-refractivity contribution in [3.63, 3.8) is 0 Å². The molecule has 1 aliphatic heterocycles. The number of carbonyl (C=O) groups is 3. The molecule has 0 spiro atoms. The van der Waals surface area contributed by atoms with Crippen molar-refractivity contribution >= 4 is 34.7 Å². The number of amides is 3. The maximum Gasteiger partial charge on any atom is 0.279 e. The zero-order valence-corrected chi connectivity index (χ0v) is 16.5. The van der Waals surface area contributed by atoms with E-state index in [9.17, 15) is 14.4 Å². The number of hydrogen-bond donors (Lipinski definition) is 2. The van der Waals surface area contributed by atoms with Crippen LogP contribution in [0.1, 0.15) is 39.0 Å². The third kappa shape index (κ3) is 4.19. The fourth-order valence-electron chi connectivity index (χ4n) is 3.12. The van der Waals surface area contributed by atoms with Gasteiger partial charge in [-0.05, 0) is 44.0 Å². The molecule has 3 rings (SSSR count). The number of nitrogens with one attached hydrogen (secondary N) is 2. The van der Waals surface area contributed by atoms with E-state index in [1.807, 2.05) is 51.1 Å². The number of rotatable bonds is 4. The molecule has 1 aromatic carbocycles. The first-order valence-corrected chi connectivity index (χ1v) is 9.77. The van der Waals surface area contributed by atoms with E-state index in [0.717, 1.165) is 28.1 Å². The van der Waals surface area contributed by atoms with Crippen molar-refractivity contribution in [3.8, 4) is 0 Å². The van der Waals surface area contributed by atoms with Gasteiger partial charge in [0.05, 0.1) is 10.8 Å². The van der Waals surface area contributed by atoms with Gasteiger partial charge in [-0.1, -0.05) is 24.6 Å². The van der Waals surface area contributed by atoms with Crippen LogP contribution in [0.15, 0.2) is 30.3 Å². The standard InChI is InChI=1S/C20H23N3O3S/c1-4-16-13(3)9-17(27-16)20(26)22-21-19(25)14-10-18(24)23(11-14)15-7-5-12(2)6-8-15/h5-9,14H,4,10-11H2,1-3H3,(H,21,25)(H,22,26)/t14-/m1/s1. The first kappa shape index (κ1) is 19.1. The van der Waals surface area contributed by atoms with E-state index in [4.69, 9.17) is 0 Å². The predicted molar refractivity (Wildman–Crippen MR) is 106 cm³/mol. The summed E-state index contributed by atoms with van der Waals surface area (Å²) in [7, 11) is 0. The van der Waals surface area contributed by atoms with Gasteiger partial charge in [0, 0.05) is 23.5 Å². The van der Waals surface area contributed by atoms with Crippen LogP contribution in [0, 0.1) is 19.8 Å². The van der Waals surface area contributed by atoms with Gasteiger partial charge in [-0.3, -0.25) is 25.2 Å². The molecular formula is C20H23N3O3S. The molecule has 27 heavy (non-hydrogen) atoms. The molecule has 7 heteroatoms. The molecule has 0 aliphatic carbocycles. The minimum atomic E-state index is -0.490. The highest BCUT2D eigenvalue weighted by Gasteiger charge is 2.35. The predicted octanol–water partition coefficient (Wildman–Crippen LogP) is 2.74.